The SMILES string of the molecule is CC1=NCCN1CNCN1C(=O)C(C)(C)C(C)(C)C1=O. The molecule has 0 spiro atoms. The third-order valence-corrected chi connectivity index (χ3v) is 4.86. The second-order valence-electron chi connectivity index (χ2n) is 6.55. The van der Waals surface area contributed by atoms with E-state index in [1.165, 1.54) is 4.90 Å². The fourth-order valence-corrected chi connectivity index (χ4v) is 2.53. The van der Waals surface area contributed by atoms with Crippen LogP contribution >= 0.6 is 0 Å². The molecule has 1 fully saturated rings. The molecule has 20 heavy (non-hydrogen) atoms. The second-order valence-corrected chi connectivity index (χ2v) is 6.55. The van der Waals surface area contributed by atoms with Gasteiger partial charge in [-0.15, -0.1) is 0 Å². The van der Waals surface area contributed by atoms with E-state index in [0.717, 1.165) is 18.9 Å². The number of rotatable bonds is 4. The van der Waals surface area contributed by atoms with Crippen LogP contribution in [0.15, 0.2) is 4.99 Å². The molecular formula is C14H24N4O2. The minimum atomic E-state index is -0.656. The standard InChI is InChI=1S/C14H24N4O2/c1-10-16-6-7-17(10)8-15-9-18-11(19)13(2,3)14(4,5)12(18)20/h15H,6-9H2,1-5H3. The largest absolute Gasteiger partial charge is 0.346 e. The van der Waals surface area contributed by atoms with E-state index in [4.69, 9.17) is 0 Å². The Bertz CT molecular complexity index is 442. The van der Waals surface area contributed by atoms with Crippen LogP contribution in [0.3, 0.4) is 0 Å². The zero-order chi connectivity index (χ0) is 15.1. The van der Waals surface area contributed by atoms with Crippen LogP contribution in [0.1, 0.15) is 34.6 Å². The van der Waals surface area contributed by atoms with Crippen molar-refractivity contribution in [2.75, 3.05) is 26.4 Å². The summed E-state index contributed by atoms with van der Waals surface area (Å²) in [6, 6.07) is 0. The molecule has 0 bridgehead atoms. The fourth-order valence-electron chi connectivity index (χ4n) is 2.53. The van der Waals surface area contributed by atoms with E-state index in [2.05, 4.69) is 15.2 Å². The molecule has 6 heteroatoms. The molecule has 2 amide bonds. The van der Waals surface area contributed by atoms with Gasteiger partial charge in [0.25, 0.3) is 0 Å². The van der Waals surface area contributed by atoms with Gasteiger partial charge in [-0.25, -0.2) is 0 Å². The summed E-state index contributed by atoms with van der Waals surface area (Å²) in [6.07, 6.45) is 0. The average Bonchev–Trinajstić information content (AvgIpc) is 2.82. The molecule has 0 unspecified atom stereocenters. The Morgan fingerprint density at radius 3 is 2.10 bits per heavy atom. The summed E-state index contributed by atoms with van der Waals surface area (Å²) in [6.45, 7) is 11.9. The number of likely N-dealkylation sites (tertiary alicyclic amines) is 1. The van der Waals surface area contributed by atoms with Crippen molar-refractivity contribution in [2.24, 2.45) is 15.8 Å². The third kappa shape index (κ3) is 2.12. The lowest BCUT2D eigenvalue weighted by atomic mass is 9.70. The van der Waals surface area contributed by atoms with Crippen molar-refractivity contribution in [1.29, 1.82) is 0 Å². The van der Waals surface area contributed by atoms with Gasteiger partial charge in [0, 0.05) is 6.54 Å². The number of amidine groups is 1. The van der Waals surface area contributed by atoms with E-state index in [-0.39, 0.29) is 18.5 Å². The predicted molar refractivity (Wildman–Crippen MR) is 77.0 cm³/mol. The molecule has 2 rings (SSSR count). The highest BCUT2D eigenvalue weighted by Gasteiger charge is 2.58. The van der Waals surface area contributed by atoms with Gasteiger partial charge in [0.15, 0.2) is 0 Å². The average molecular weight is 280 g/mol. The lowest BCUT2D eigenvalue weighted by molar-refractivity contribution is -0.141. The number of imide groups is 1. The van der Waals surface area contributed by atoms with Crippen molar-refractivity contribution in [3.63, 3.8) is 0 Å². The fraction of sp³-hybridized carbons (Fsp3) is 0.786. The van der Waals surface area contributed by atoms with Crippen molar-refractivity contribution in [1.82, 2.24) is 15.1 Å². The van der Waals surface area contributed by atoms with E-state index >= 15 is 0 Å². The maximum absolute atomic E-state index is 12.4. The van der Waals surface area contributed by atoms with E-state index < -0.39 is 10.8 Å². The summed E-state index contributed by atoms with van der Waals surface area (Å²) < 4.78 is 0. The van der Waals surface area contributed by atoms with Gasteiger partial charge in [-0.3, -0.25) is 24.8 Å². The number of nitrogens with zero attached hydrogens (tertiary/aromatic N) is 3. The summed E-state index contributed by atoms with van der Waals surface area (Å²) >= 11 is 0. The molecular weight excluding hydrogens is 256 g/mol. The highest BCUT2D eigenvalue weighted by molar-refractivity contribution is 6.08. The van der Waals surface area contributed by atoms with Crippen LogP contribution in [-0.4, -0.2) is 53.9 Å². The zero-order valence-corrected chi connectivity index (χ0v) is 13.0. The summed E-state index contributed by atoms with van der Waals surface area (Å²) in [7, 11) is 0. The molecule has 0 aromatic rings. The molecule has 6 nitrogen and oxygen atoms in total. The Morgan fingerprint density at radius 1 is 1.10 bits per heavy atom. The van der Waals surface area contributed by atoms with Gasteiger partial charge in [0.1, 0.15) is 0 Å². The smallest absolute Gasteiger partial charge is 0.237 e. The molecule has 1 saturated heterocycles. The zero-order valence-electron chi connectivity index (χ0n) is 13.0. The molecule has 0 saturated carbocycles. The molecule has 0 atom stereocenters. The van der Waals surface area contributed by atoms with Crippen molar-refractivity contribution in [3.8, 4) is 0 Å². The molecule has 2 aliphatic rings. The molecule has 0 aromatic carbocycles. The van der Waals surface area contributed by atoms with Gasteiger partial charge in [-0.2, -0.15) is 0 Å². The van der Waals surface area contributed by atoms with Gasteiger partial charge in [0.2, 0.25) is 11.8 Å². The first-order valence-corrected chi connectivity index (χ1v) is 7.02. The number of amides is 2. The van der Waals surface area contributed by atoms with E-state index in [1.807, 2.05) is 34.6 Å². The first-order chi connectivity index (χ1) is 9.19. The Labute approximate surface area is 120 Å². The van der Waals surface area contributed by atoms with Crippen molar-refractivity contribution in [2.45, 2.75) is 34.6 Å². The highest BCUT2D eigenvalue weighted by atomic mass is 16.2. The third-order valence-electron chi connectivity index (χ3n) is 4.86. The van der Waals surface area contributed by atoms with Gasteiger partial charge in [-0.1, -0.05) is 0 Å². The number of hydrogen-bond acceptors (Lipinski definition) is 5. The quantitative estimate of drug-likeness (QED) is 0.768. The van der Waals surface area contributed by atoms with Crippen molar-refractivity contribution < 1.29 is 9.59 Å². The van der Waals surface area contributed by atoms with Crippen LogP contribution in [0.25, 0.3) is 0 Å². The van der Waals surface area contributed by atoms with Crippen LogP contribution in [0.2, 0.25) is 0 Å². The van der Waals surface area contributed by atoms with Crippen LogP contribution in [0.4, 0.5) is 0 Å². The van der Waals surface area contributed by atoms with Crippen molar-refractivity contribution in [3.05, 3.63) is 0 Å². The number of carbonyl (C=O) groups excluding carboxylic acids is 2. The Kier molecular flexibility index (Phi) is 3.62. The maximum atomic E-state index is 12.4. The van der Waals surface area contributed by atoms with E-state index in [9.17, 15) is 9.59 Å². The van der Waals surface area contributed by atoms with E-state index in [1.54, 1.807) is 0 Å². The van der Waals surface area contributed by atoms with Crippen LogP contribution in [0, 0.1) is 10.8 Å². The van der Waals surface area contributed by atoms with Crippen molar-refractivity contribution >= 4 is 17.6 Å². The molecule has 112 valence electrons. The normalized spacial score (nSPS) is 24.6. The van der Waals surface area contributed by atoms with Gasteiger partial charge in [-0.05, 0) is 34.6 Å². The lowest BCUT2D eigenvalue weighted by Gasteiger charge is -2.28. The molecule has 0 aliphatic carbocycles. The maximum Gasteiger partial charge on any atom is 0.237 e. The molecule has 0 radical (unpaired) electrons. The minimum Gasteiger partial charge on any atom is -0.346 e. The number of hydrogen-bond donors (Lipinski definition) is 1. The first kappa shape index (κ1) is 15.0. The summed E-state index contributed by atoms with van der Waals surface area (Å²) in [4.78, 5) is 32.5. The molecule has 1 N–H and O–H groups in total. The van der Waals surface area contributed by atoms with E-state index in [0.29, 0.717) is 6.67 Å². The van der Waals surface area contributed by atoms with Gasteiger partial charge >= 0.3 is 0 Å². The number of aliphatic imine (C=N–C) groups is 1. The Balaban J connectivity index is 1.95. The lowest BCUT2D eigenvalue weighted by Crippen LogP contribution is -2.44. The predicted octanol–water partition coefficient (Wildman–Crippen LogP) is 0.646. The first-order valence-electron chi connectivity index (χ1n) is 7.02. The second kappa shape index (κ2) is 4.84. The summed E-state index contributed by atoms with van der Waals surface area (Å²) in [5.41, 5.74) is -1.31. The minimum absolute atomic E-state index is 0.105. The summed E-state index contributed by atoms with van der Waals surface area (Å²) in [5.74, 6) is 0.788. The Hall–Kier alpha value is -1.43. The topological polar surface area (TPSA) is 65.0 Å². The van der Waals surface area contributed by atoms with Gasteiger partial charge < -0.3 is 4.90 Å². The monoisotopic (exact) mass is 280 g/mol. The number of carbonyl (C=O) groups is 2. The van der Waals surface area contributed by atoms with Crippen LogP contribution in [-0.2, 0) is 9.59 Å². The number of nitrogens with one attached hydrogen (secondary N) is 1. The molecule has 0 aromatic heterocycles. The summed E-state index contributed by atoms with van der Waals surface area (Å²) in [5, 5.41) is 3.17. The van der Waals surface area contributed by atoms with Gasteiger partial charge in [0.05, 0.1) is 36.5 Å². The van der Waals surface area contributed by atoms with Crippen LogP contribution in [0.5, 0.6) is 0 Å². The molecule has 2 aliphatic heterocycles. The highest BCUT2D eigenvalue weighted by Crippen LogP contribution is 2.46. The Morgan fingerprint density at radius 2 is 1.65 bits per heavy atom. The van der Waals surface area contributed by atoms with Crippen LogP contribution < -0.4 is 5.32 Å². The molecule has 2 heterocycles.